The van der Waals surface area contributed by atoms with Crippen molar-refractivity contribution in [3.63, 3.8) is 0 Å². The number of benzene rings is 2. The highest BCUT2D eigenvalue weighted by molar-refractivity contribution is 6.00. The summed E-state index contributed by atoms with van der Waals surface area (Å²) in [5.74, 6) is -18.7. The second-order valence-electron chi connectivity index (χ2n) is 10.5. The van der Waals surface area contributed by atoms with Crippen LogP contribution in [0.1, 0.15) is 50.0 Å². The van der Waals surface area contributed by atoms with E-state index in [0.717, 1.165) is 6.92 Å². The van der Waals surface area contributed by atoms with Crippen molar-refractivity contribution in [3.8, 4) is 5.75 Å². The van der Waals surface area contributed by atoms with Gasteiger partial charge < -0.3 is 30.3 Å². The molecule has 2 aromatic rings. The van der Waals surface area contributed by atoms with Crippen LogP contribution in [0.2, 0.25) is 0 Å². The van der Waals surface area contributed by atoms with E-state index in [1.807, 2.05) is 0 Å². The number of cyclic esters (lactones) is 2. The summed E-state index contributed by atoms with van der Waals surface area (Å²) in [7, 11) is 0. The third-order valence-corrected chi connectivity index (χ3v) is 7.47. The van der Waals surface area contributed by atoms with Crippen LogP contribution in [-0.2, 0) is 30.3 Å². The van der Waals surface area contributed by atoms with Gasteiger partial charge in [-0.15, -0.1) is 0 Å². The Bertz CT molecular complexity index is 1410. The van der Waals surface area contributed by atoms with Crippen molar-refractivity contribution in [1.82, 2.24) is 10.6 Å². The van der Waals surface area contributed by atoms with Crippen LogP contribution in [0, 0.1) is 40.9 Å². The van der Waals surface area contributed by atoms with Gasteiger partial charge in [-0.05, 0) is 32.4 Å². The normalized spacial score (nSPS) is 25.5. The summed E-state index contributed by atoms with van der Waals surface area (Å²) in [5.41, 5.74) is -1.69. The lowest BCUT2D eigenvalue weighted by Crippen LogP contribution is -2.59. The third kappa shape index (κ3) is 7.09. The van der Waals surface area contributed by atoms with Crippen molar-refractivity contribution in [2.75, 3.05) is 0 Å². The molecule has 15 heteroatoms. The number of ether oxygens (including phenoxy) is 2. The van der Waals surface area contributed by atoms with Gasteiger partial charge >= 0.3 is 11.9 Å². The zero-order chi connectivity index (χ0) is 33.0. The van der Waals surface area contributed by atoms with Gasteiger partial charge in [0.1, 0.15) is 17.9 Å². The summed E-state index contributed by atoms with van der Waals surface area (Å²) in [6.07, 6.45) is -6.05. The van der Waals surface area contributed by atoms with Gasteiger partial charge in [0.05, 0.1) is 23.6 Å². The molecule has 2 aromatic carbocycles. The molecule has 0 bridgehead atoms. The number of phenols is 1. The topological polar surface area (TPSA) is 151 Å². The number of para-hydroxylation sites is 1. The van der Waals surface area contributed by atoms with Gasteiger partial charge in [-0.1, -0.05) is 26.0 Å². The van der Waals surface area contributed by atoms with Gasteiger partial charge in [0, 0.05) is 17.9 Å². The highest BCUT2D eigenvalue weighted by atomic mass is 19.2. The molecule has 4 N–H and O–H groups in total. The maximum atomic E-state index is 14.6. The predicted octanol–water partition coefficient (Wildman–Crippen LogP) is 2.81. The van der Waals surface area contributed by atoms with E-state index in [1.165, 1.54) is 31.2 Å². The lowest BCUT2D eigenvalue weighted by molar-refractivity contribution is -0.180. The van der Waals surface area contributed by atoms with Crippen molar-refractivity contribution in [2.24, 2.45) is 11.8 Å². The maximum Gasteiger partial charge on any atom is 0.348 e. The van der Waals surface area contributed by atoms with Crippen molar-refractivity contribution in [1.29, 1.82) is 0 Å². The lowest BCUT2D eigenvalue weighted by Gasteiger charge is -2.34. The number of phenolic OH excluding ortho intramolecular Hbond substituents is 1. The SMILES string of the molecule is CCC(C)C1OC(=O)[C@H](C)[C@H](O)[C@H](Cc2c(F)c(F)c(F)c(F)c2F)NC(=O)[C@@H](NC(=O)c2ccccc2O)[C@@H](C)OC1=O. The number of aromatic hydroxyl groups is 1. The number of carbonyl (C=O) groups excluding carboxylic acids is 4. The average molecular weight is 631 g/mol. The molecule has 44 heavy (non-hydrogen) atoms. The predicted molar refractivity (Wildman–Crippen MR) is 141 cm³/mol. The molecule has 10 nitrogen and oxygen atoms in total. The minimum Gasteiger partial charge on any atom is -0.507 e. The fourth-order valence-corrected chi connectivity index (χ4v) is 4.51. The number of carbonyl (C=O) groups is 4. The number of hydrogen-bond acceptors (Lipinski definition) is 8. The number of aliphatic hydroxyl groups excluding tert-OH is 1. The van der Waals surface area contributed by atoms with Gasteiger partial charge in [0.15, 0.2) is 23.3 Å². The van der Waals surface area contributed by atoms with Gasteiger partial charge in [0.2, 0.25) is 17.8 Å². The highest BCUT2D eigenvalue weighted by Crippen LogP contribution is 2.27. The van der Waals surface area contributed by atoms with Crippen LogP contribution in [-0.4, -0.2) is 64.4 Å². The smallest absolute Gasteiger partial charge is 0.348 e. The van der Waals surface area contributed by atoms with E-state index in [4.69, 9.17) is 9.47 Å². The van der Waals surface area contributed by atoms with E-state index in [-0.39, 0.29) is 5.56 Å². The van der Waals surface area contributed by atoms with Crippen molar-refractivity contribution in [2.45, 2.75) is 70.9 Å². The Balaban J connectivity index is 2.11. The van der Waals surface area contributed by atoms with Crippen LogP contribution in [0.4, 0.5) is 22.0 Å². The van der Waals surface area contributed by atoms with Crippen LogP contribution >= 0.6 is 0 Å². The van der Waals surface area contributed by atoms with Crippen LogP contribution in [0.3, 0.4) is 0 Å². The fraction of sp³-hybridized carbons (Fsp3) is 0.448. The van der Waals surface area contributed by atoms with Crippen LogP contribution in [0.25, 0.3) is 0 Å². The Kier molecular flexibility index (Phi) is 10.9. The summed E-state index contributed by atoms with van der Waals surface area (Å²) >= 11 is 0. The number of amides is 2. The van der Waals surface area contributed by atoms with Gasteiger partial charge in [-0.3, -0.25) is 14.4 Å². The first-order valence-corrected chi connectivity index (χ1v) is 13.6. The van der Waals surface area contributed by atoms with E-state index in [9.17, 15) is 51.3 Å². The zero-order valence-corrected chi connectivity index (χ0v) is 24.0. The molecule has 0 radical (unpaired) electrons. The van der Waals surface area contributed by atoms with Crippen molar-refractivity contribution >= 4 is 23.8 Å². The number of hydrogen-bond donors (Lipinski definition) is 4. The molecule has 3 rings (SSSR count). The molecule has 1 aliphatic rings. The number of nitrogens with one attached hydrogen (secondary N) is 2. The molecule has 2 amide bonds. The molecule has 0 aromatic heterocycles. The van der Waals surface area contributed by atoms with Gasteiger partial charge in [-0.2, -0.15) is 0 Å². The maximum absolute atomic E-state index is 14.6. The van der Waals surface area contributed by atoms with Gasteiger partial charge in [0.25, 0.3) is 5.91 Å². The monoisotopic (exact) mass is 630 g/mol. The third-order valence-electron chi connectivity index (χ3n) is 7.47. The zero-order valence-electron chi connectivity index (χ0n) is 24.0. The Hall–Kier alpha value is -4.27. The molecule has 1 aliphatic heterocycles. The molecule has 2 unspecified atom stereocenters. The molecule has 1 saturated heterocycles. The number of aliphatic hydroxyl groups is 1. The summed E-state index contributed by atoms with van der Waals surface area (Å²) < 4.78 is 81.5. The van der Waals surface area contributed by atoms with Crippen LogP contribution in [0.15, 0.2) is 24.3 Å². The van der Waals surface area contributed by atoms with E-state index in [1.54, 1.807) is 13.8 Å². The Labute approximate surface area is 248 Å². The molecule has 0 aliphatic carbocycles. The molecule has 7 atom stereocenters. The highest BCUT2D eigenvalue weighted by Gasteiger charge is 2.42. The molecule has 0 spiro atoms. The second-order valence-corrected chi connectivity index (χ2v) is 10.5. The van der Waals surface area contributed by atoms with E-state index in [2.05, 4.69) is 10.6 Å². The van der Waals surface area contributed by atoms with Crippen molar-refractivity contribution in [3.05, 3.63) is 64.5 Å². The number of rotatable bonds is 6. The molecular weight excluding hydrogens is 599 g/mol. The molecule has 1 fully saturated rings. The summed E-state index contributed by atoms with van der Waals surface area (Å²) in [5, 5.41) is 25.6. The summed E-state index contributed by atoms with van der Waals surface area (Å²) in [6, 6.07) is 1.50. The van der Waals surface area contributed by atoms with E-state index < -0.39 is 113 Å². The van der Waals surface area contributed by atoms with Gasteiger partial charge in [-0.25, -0.2) is 26.7 Å². The fourth-order valence-electron chi connectivity index (χ4n) is 4.51. The average Bonchev–Trinajstić information content (AvgIpc) is 2.99. The first-order chi connectivity index (χ1) is 20.6. The van der Waals surface area contributed by atoms with Crippen LogP contribution in [0.5, 0.6) is 5.75 Å². The Morgan fingerprint density at radius 3 is 2.09 bits per heavy atom. The first kappa shape index (κ1) is 34.2. The molecule has 240 valence electrons. The Morgan fingerprint density at radius 1 is 0.955 bits per heavy atom. The van der Waals surface area contributed by atoms with E-state index in [0.29, 0.717) is 6.42 Å². The number of esters is 2. The largest absolute Gasteiger partial charge is 0.507 e. The van der Waals surface area contributed by atoms with Crippen molar-refractivity contribution < 1.29 is 60.8 Å². The minimum absolute atomic E-state index is 0.289. The van der Waals surface area contributed by atoms with Crippen LogP contribution < -0.4 is 10.6 Å². The number of halogens is 5. The summed E-state index contributed by atoms with van der Waals surface area (Å²) in [4.78, 5) is 52.6. The molecular formula is C29H31F5N2O8. The molecule has 1 heterocycles. The van der Waals surface area contributed by atoms with E-state index >= 15 is 0 Å². The summed E-state index contributed by atoms with van der Waals surface area (Å²) in [6.45, 7) is 5.50. The first-order valence-electron chi connectivity index (χ1n) is 13.6. The standard InChI is InChI=1S/C29H31F5N2O8/c1-5-11(2)25-29(42)43-13(4)23(36-26(39)14-8-6-7-9-17(14)37)27(40)35-16(24(38)12(3)28(41)44-25)10-15-18(30)20(32)22(34)21(33)19(15)31/h6-9,11-13,16,23-25,37-38H,5,10H2,1-4H3,(H,35,40)(H,36,39)/t11?,12-,13-,16+,23+,24+,25?/m1/s1. The lowest BCUT2D eigenvalue weighted by atomic mass is 9.91. The molecule has 0 saturated carbocycles. The Morgan fingerprint density at radius 2 is 1.52 bits per heavy atom. The quantitative estimate of drug-likeness (QED) is 0.165. The second kappa shape index (κ2) is 14.0. The minimum atomic E-state index is -2.43.